The first-order chi connectivity index (χ1) is 16.8. The van der Waals surface area contributed by atoms with Crippen LogP contribution in [-0.2, 0) is 0 Å². The van der Waals surface area contributed by atoms with Crippen molar-refractivity contribution >= 4 is 23.3 Å². The Labute approximate surface area is 207 Å². The second-order valence-electron chi connectivity index (χ2n) is 9.81. The average molecular weight is 474 g/mol. The van der Waals surface area contributed by atoms with Gasteiger partial charge in [-0.1, -0.05) is 50.8 Å². The van der Waals surface area contributed by atoms with E-state index in [1.807, 2.05) is 23.1 Å². The molecular formula is C29H35N3O3. The Kier molecular flexibility index (Phi) is 7.59. The number of urea groups is 1. The van der Waals surface area contributed by atoms with Crippen molar-refractivity contribution in [2.45, 2.75) is 64.0 Å². The molecule has 184 valence electrons. The lowest BCUT2D eigenvalue weighted by Crippen LogP contribution is -2.44. The summed E-state index contributed by atoms with van der Waals surface area (Å²) in [5.41, 5.74) is 5.42. The van der Waals surface area contributed by atoms with Gasteiger partial charge in [-0.25, -0.2) is 9.59 Å². The van der Waals surface area contributed by atoms with Crippen LogP contribution in [0.15, 0.2) is 66.9 Å². The number of amides is 2. The molecule has 3 N–H and O–H groups in total. The molecule has 1 saturated heterocycles. The maximum absolute atomic E-state index is 13.0. The summed E-state index contributed by atoms with van der Waals surface area (Å²) < 4.78 is 0. The zero-order valence-corrected chi connectivity index (χ0v) is 20.6. The third kappa shape index (κ3) is 5.94. The molecular weight excluding hydrogens is 438 g/mol. The van der Waals surface area contributed by atoms with E-state index in [0.29, 0.717) is 11.5 Å². The molecule has 2 atom stereocenters. The molecule has 1 fully saturated rings. The fourth-order valence-electron chi connectivity index (χ4n) is 4.96. The van der Waals surface area contributed by atoms with Gasteiger partial charge in [0.2, 0.25) is 0 Å². The predicted octanol–water partition coefficient (Wildman–Crippen LogP) is 6.24. The largest absolute Gasteiger partial charge is 0.478 e. The van der Waals surface area contributed by atoms with Crippen LogP contribution in [0.5, 0.6) is 0 Å². The predicted molar refractivity (Wildman–Crippen MR) is 141 cm³/mol. The smallest absolute Gasteiger partial charge is 0.335 e. The maximum Gasteiger partial charge on any atom is 0.335 e. The Morgan fingerprint density at radius 1 is 1.11 bits per heavy atom. The first kappa shape index (κ1) is 24.6. The third-order valence-electron chi connectivity index (χ3n) is 7.03. The quantitative estimate of drug-likeness (QED) is 0.444. The summed E-state index contributed by atoms with van der Waals surface area (Å²) in [5, 5.41) is 15.9. The van der Waals surface area contributed by atoms with Crippen LogP contribution in [0.1, 0.15) is 73.4 Å². The van der Waals surface area contributed by atoms with Crippen LogP contribution < -0.4 is 10.6 Å². The van der Waals surface area contributed by atoms with Gasteiger partial charge >= 0.3 is 12.0 Å². The number of likely N-dealkylation sites (tertiary alicyclic amines) is 1. The van der Waals surface area contributed by atoms with Crippen molar-refractivity contribution < 1.29 is 14.7 Å². The number of carboxylic acids is 1. The molecule has 1 aliphatic heterocycles. The molecule has 1 unspecified atom stereocenters. The van der Waals surface area contributed by atoms with Crippen molar-refractivity contribution in [3.05, 3.63) is 83.6 Å². The van der Waals surface area contributed by atoms with Gasteiger partial charge in [0.05, 0.1) is 11.6 Å². The van der Waals surface area contributed by atoms with Gasteiger partial charge in [0.15, 0.2) is 0 Å². The van der Waals surface area contributed by atoms with E-state index in [0.717, 1.165) is 55.6 Å². The number of hydrogen-bond donors (Lipinski definition) is 3. The molecule has 6 nitrogen and oxygen atoms in total. The molecule has 0 radical (unpaired) electrons. The molecule has 0 spiro atoms. The molecule has 2 aromatic rings. The summed E-state index contributed by atoms with van der Waals surface area (Å²) in [4.78, 5) is 26.2. The minimum Gasteiger partial charge on any atom is -0.478 e. The highest BCUT2D eigenvalue weighted by molar-refractivity contribution is 5.90. The van der Waals surface area contributed by atoms with E-state index in [1.54, 1.807) is 18.2 Å². The lowest BCUT2D eigenvalue weighted by Gasteiger charge is -2.31. The highest BCUT2D eigenvalue weighted by Crippen LogP contribution is 2.29. The number of aromatic carboxylic acids is 1. The number of benzene rings is 2. The Balaban J connectivity index is 1.33. The fourth-order valence-corrected chi connectivity index (χ4v) is 4.96. The summed E-state index contributed by atoms with van der Waals surface area (Å²) in [7, 11) is 0. The van der Waals surface area contributed by atoms with Gasteiger partial charge in [0.1, 0.15) is 0 Å². The summed E-state index contributed by atoms with van der Waals surface area (Å²) in [5.74, 6) is -0.449. The third-order valence-corrected chi connectivity index (χ3v) is 7.03. The van der Waals surface area contributed by atoms with Gasteiger partial charge in [-0.2, -0.15) is 0 Å². The van der Waals surface area contributed by atoms with E-state index >= 15 is 0 Å². The van der Waals surface area contributed by atoms with E-state index in [-0.39, 0.29) is 18.1 Å². The molecule has 6 heteroatoms. The number of hydrogen-bond acceptors (Lipinski definition) is 3. The Hall–Kier alpha value is -3.54. The monoisotopic (exact) mass is 473 g/mol. The summed E-state index contributed by atoms with van der Waals surface area (Å²) >= 11 is 0. The topological polar surface area (TPSA) is 81.7 Å². The lowest BCUT2D eigenvalue weighted by molar-refractivity contribution is 0.0697. The van der Waals surface area contributed by atoms with Crippen molar-refractivity contribution in [2.75, 3.05) is 11.9 Å². The van der Waals surface area contributed by atoms with Crippen LogP contribution in [0.2, 0.25) is 0 Å². The van der Waals surface area contributed by atoms with Crippen LogP contribution in [0.4, 0.5) is 10.5 Å². The van der Waals surface area contributed by atoms with Crippen LogP contribution >= 0.6 is 0 Å². The van der Waals surface area contributed by atoms with Crippen molar-refractivity contribution in [3.63, 3.8) is 0 Å². The molecule has 0 saturated carbocycles. The number of carboxylic acid groups (broad SMARTS) is 1. The molecule has 0 bridgehead atoms. The van der Waals surface area contributed by atoms with Crippen molar-refractivity contribution in [2.24, 2.45) is 0 Å². The number of nitrogens with one attached hydrogen (secondary N) is 2. The van der Waals surface area contributed by atoms with Gasteiger partial charge in [-0.15, -0.1) is 0 Å². The number of anilines is 1. The highest BCUT2D eigenvalue weighted by atomic mass is 16.4. The number of allylic oxidation sites excluding steroid dienone is 1. The summed E-state index contributed by atoms with van der Waals surface area (Å²) in [6.45, 7) is 9.32. The van der Waals surface area contributed by atoms with Crippen molar-refractivity contribution in [3.8, 4) is 0 Å². The first-order valence-corrected chi connectivity index (χ1v) is 12.5. The molecule has 1 aliphatic carbocycles. The van der Waals surface area contributed by atoms with Crippen LogP contribution in [0.25, 0.3) is 5.57 Å². The van der Waals surface area contributed by atoms with Gasteiger partial charge in [0.25, 0.3) is 0 Å². The number of carbonyl (C=O) groups is 2. The molecule has 0 aromatic heterocycles. The zero-order valence-electron chi connectivity index (χ0n) is 20.6. The van der Waals surface area contributed by atoms with Crippen LogP contribution in [0, 0.1) is 0 Å². The number of nitrogens with zero attached hydrogens (tertiary/aromatic N) is 1. The number of carbonyl (C=O) groups excluding carboxylic acids is 1. The van der Waals surface area contributed by atoms with E-state index < -0.39 is 5.97 Å². The summed E-state index contributed by atoms with van der Waals surface area (Å²) in [6.07, 6.45) is 6.70. The molecule has 2 aliphatic rings. The molecule has 2 aromatic carbocycles. The summed E-state index contributed by atoms with van der Waals surface area (Å²) in [6, 6.07) is 15.3. The second-order valence-corrected chi connectivity index (χ2v) is 9.81. The first-order valence-electron chi connectivity index (χ1n) is 12.5. The average Bonchev–Trinajstić information content (AvgIpc) is 3.35. The second kappa shape index (κ2) is 10.8. The normalized spacial score (nSPS) is 19.9. The molecule has 4 rings (SSSR count). The molecule has 35 heavy (non-hydrogen) atoms. The lowest BCUT2D eigenvalue weighted by atomic mass is 9.90. The SMILES string of the molecule is C=C(NC1CC=C(c2cccc(C(=O)O)c2)CC1)[C@H]1CCCN1C(=O)Nc1ccc(C(C)C)cc1. The van der Waals surface area contributed by atoms with Gasteiger partial charge in [-0.3, -0.25) is 0 Å². The molecule has 1 heterocycles. The molecule has 2 amide bonds. The minimum absolute atomic E-state index is 0.0254. The Morgan fingerprint density at radius 2 is 1.89 bits per heavy atom. The van der Waals surface area contributed by atoms with Crippen LogP contribution in [0.3, 0.4) is 0 Å². The van der Waals surface area contributed by atoms with Gasteiger partial charge in [-0.05, 0) is 79.0 Å². The van der Waals surface area contributed by atoms with Crippen LogP contribution in [-0.4, -0.2) is 40.6 Å². The number of rotatable bonds is 7. The van der Waals surface area contributed by atoms with Gasteiger partial charge < -0.3 is 20.6 Å². The van der Waals surface area contributed by atoms with E-state index in [4.69, 9.17) is 0 Å². The Morgan fingerprint density at radius 3 is 2.54 bits per heavy atom. The highest BCUT2D eigenvalue weighted by Gasteiger charge is 2.32. The standard InChI is InChI=1S/C29H35N3O3/c1-19(2)21-9-13-26(14-10-21)31-29(35)32-17-5-8-27(32)20(3)30-25-15-11-22(12-16-25)23-6-4-7-24(18-23)28(33)34/h4,6-7,9-11,13-14,18-19,25,27,30H,3,5,8,12,15-17H2,1-2H3,(H,31,35)(H,33,34)/t25?,27-/m1/s1. The Bertz CT molecular complexity index is 1120. The zero-order chi connectivity index (χ0) is 24.9. The fraction of sp³-hybridized carbons (Fsp3) is 0.379. The van der Waals surface area contributed by atoms with E-state index in [2.05, 4.69) is 49.3 Å². The van der Waals surface area contributed by atoms with E-state index in [1.165, 1.54) is 11.1 Å². The maximum atomic E-state index is 13.0. The van der Waals surface area contributed by atoms with Crippen molar-refractivity contribution in [1.29, 1.82) is 0 Å². The van der Waals surface area contributed by atoms with Crippen molar-refractivity contribution in [1.82, 2.24) is 10.2 Å². The minimum atomic E-state index is -0.906. The van der Waals surface area contributed by atoms with E-state index in [9.17, 15) is 14.7 Å². The van der Waals surface area contributed by atoms with Gasteiger partial charge in [0, 0.05) is 24.0 Å².